The third kappa shape index (κ3) is 4.32. The van der Waals surface area contributed by atoms with E-state index in [1.54, 1.807) is 43.6 Å². The summed E-state index contributed by atoms with van der Waals surface area (Å²) >= 11 is 6.14. The van der Waals surface area contributed by atoms with Crippen molar-refractivity contribution in [3.8, 4) is 5.75 Å². The molecule has 2 N–H and O–H groups in total. The third-order valence-corrected chi connectivity index (χ3v) is 4.22. The Hall–Kier alpha value is -3.05. The van der Waals surface area contributed by atoms with E-state index >= 15 is 0 Å². The van der Waals surface area contributed by atoms with Crippen molar-refractivity contribution in [2.24, 2.45) is 0 Å². The molecule has 0 radical (unpaired) electrons. The van der Waals surface area contributed by atoms with Gasteiger partial charge in [-0.2, -0.15) is 0 Å². The molecular formula is C20H18ClN3O2. The fourth-order valence-corrected chi connectivity index (χ4v) is 2.53. The van der Waals surface area contributed by atoms with Gasteiger partial charge in [0.1, 0.15) is 5.75 Å². The van der Waals surface area contributed by atoms with Crippen LogP contribution in [0.5, 0.6) is 5.75 Å². The smallest absolute Gasteiger partial charge is 0.257 e. The molecule has 6 heteroatoms. The van der Waals surface area contributed by atoms with E-state index in [0.29, 0.717) is 22.0 Å². The van der Waals surface area contributed by atoms with Crippen LogP contribution in [0.3, 0.4) is 0 Å². The second-order valence-electron chi connectivity index (χ2n) is 5.73. The average Bonchev–Trinajstić information content (AvgIpc) is 2.65. The number of amides is 1. The highest BCUT2D eigenvalue weighted by atomic mass is 35.5. The first kappa shape index (κ1) is 17.8. The van der Waals surface area contributed by atoms with Gasteiger partial charge in [-0.15, -0.1) is 0 Å². The highest BCUT2D eigenvalue weighted by Gasteiger charge is 2.08. The molecule has 0 aliphatic rings. The minimum atomic E-state index is -0.242. The number of aryl methyl sites for hydroxylation is 1. The van der Waals surface area contributed by atoms with Crippen LogP contribution in [0.25, 0.3) is 0 Å². The van der Waals surface area contributed by atoms with Crippen LogP contribution in [0.4, 0.5) is 17.1 Å². The van der Waals surface area contributed by atoms with E-state index in [1.807, 2.05) is 25.1 Å². The molecule has 26 heavy (non-hydrogen) atoms. The Morgan fingerprint density at radius 3 is 2.42 bits per heavy atom. The van der Waals surface area contributed by atoms with E-state index in [1.165, 1.54) is 6.20 Å². The quantitative estimate of drug-likeness (QED) is 0.662. The number of benzene rings is 2. The highest BCUT2D eigenvalue weighted by molar-refractivity contribution is 6.31. The van der Waals surface area contributed by atoms with Gasteiger partial charge in [-0.05, 0) is 55.0 Å². The van der Waals surface area contributed by atoms with Crippen LogP contribution in [0, 0.1) is 6.92 Å². The molecule has 0 unspecified atom stereocenters. The summed E-state index contributed by atoms with van der Waals surface area (Å²) in [4.78, 5) is 16.6. The van der Waals surface area contributed by atoms with Crippen LogP contribution in [0.2, 0.25) is 5.02 Å². The van der Waals surface area contributed by atoms with Gasteiger partial charge in [0.2, 0.25) is 0 Å². The standard InChI is InChI=1S/C20H18ClN3O2/c1-13-3-4-16(10-19(13)21)23-17-9-14(11-22-12-17)20(25)24-15-5-7-18(26-2)8-6-15/h3-12,23H,1-2H3,(H,24,25). The summed E-state index contributed by atoms with van der Waals surface area (Å²) in [5.41, 5.74) is 3.66. The first-order valence-electron chi connectivity index (χ1n) is 7.99. The number of nitrogens with one attached hydrogen (secondary N) is 2. The summed E-state index contributed by atoms with van der Waals surface area (Å²) in [5, 5.41) is 6.71. The van der Waals surface area contributed by atoms with E-state index in [4.69, 9.17) is 16.3 Å². The number of anilines is 3. The second-order valence-corrected chi connectivity index (χ2v) is 6.14. The average molecular weight is 368 g/mol. The molecule has 3 aromatic rings. The number of ether oxygens (including phenoxy) is 1. The van der Waals surface area contributed by atoms with E-state index in [9.17, 15) is 4.79 Å². The molecule has 0 spiro atoms. The van der Waals surface area contributed by atoms with Crippen molar-refractivity contribution in [3.05, 3.63) is 77.1 Å². The maximum atomic E-state index is 12.4. The Bertz CT molecular complexity index is 927. The van der Waals surface area contributed by atoms with Crippen LogP contribution in [0.1, 0.15) is 15.9 Å². The molecule has 0 saturated heterocycles. The second kappa shape index (κ2) is 7.89. The summed E-state index contributed by atoms with van der Waals surface area (Å²) in [6, 6.07) is 14.5. The monoisotopic (exact) mass is 367 g/mol. The Labute approximate surface area is 157 Å². The Kier molecular flexibility index (Phi) is 5.39. The lowest BCUT2D eigenvalue weighted by Gasteiger charge is -2.10. The minimum Gasteiger partial charge on any atom is -0.497 e. The Morgan fingerprint density at radius 2 is 1.73 bits per heavy atom. The van der Waals surface area contributed by atoms with Crippen molar-refractivity contribution in [1.29, 1.82) is 0 Å². The molecule has 0 aliphatic carbocycles. The van der Waals surface area contributed by atoms with Gasteiger partial charge in [-0.25, -0.2) is 0 Å². The fourth-order valence-electron chi connectivity index (χ4n) is 2.35. The van der Waals surface area contributed by atoms with E-state index in [2.05, 4.69) is 15.6 Å². The third-order valence-electron chi connectivity index (χ3n) is 3.81. The number of methoxy groups -OCH3 is 1. The summed E-state index contributed by atoms with van der Waals surface area (Å²) < 4.78 is 5.11. The zero-order valence-electron chi connectivity index (χ0n) is 14.4. The molecule has 0 aliphatic heterocycles. The van der Waals surface area contributed by atoms with Gasteiger partial charge in [0.05, 0.1) is 24.6 Å². The molecule has 3 rings (SSSR count). The van der Waals surface area contributed by atoms with Crippen molar-refractivity contribution in [3.63, 3.8) is 0 Å². The predicted octanol–water partition coefficient (Wildman–Crippen LogP) is 5.05. The van der Waals surface area contributed by atoms with Crippen molar-refractivity contribution in [2.75, 3.05) is 17.7 Å². The molecule has 1 aromatic heterocycles. The summed E-state index contributed by atoms with van der Waals surface area (Å²) in [6.07, 6.45) is 3.17. The van der Waals surface area contributed by atoms with Gasteiger partial charge >= 0.3 is 0 Å². The number of halogens is 1. The molecular weight excluding hydrogens is 350 g/mol. The maximum Gasteiger partial charge on any atom is 0.257 e. The van der Waals surface area contributed by atoms with Gasteiger partial charge in [-0.3, -0.25) is 9.78 Å². The first-order chi connectivity index (χ1) is 12.5. The van der Waals surface area contributed by atoms with Crippen LogP contribution in [-0.4, -0.2) is 18.0 Å². The van der Waals surface area contributed by atoms with Crippen molar-refractivity contribution in [1.82, 2.24) is 4.98 Å². The number of nitrogens with zero attached hydrogens (tertiary/aromatic N) is 1. The molecule has 0 bridgehead atoms. The molecule has 5 nitrogen and oxygen atoms in total. The van der Waals surface area contributed by atoms with E-state index < -0.39 is 0 Å². The van der Waals surface area contributed by atoms with Gasteiger partial charge in [-0.1, -0.05) is 17.7 Å². The van der Waals surface area contributed by atoms with Crippen molar-refractivity contribution < 1.29 is 9.53 Å². The van der Waals surface area contributed by atoms with Crippen LogP contribution in [0.15, 0.2) is 60.9 Å². The van der Waals surface area contributed by atoms with Gasteiger partial charge in [0.15, 0.2) is 0 Å². The number of hydrogen-bond donors (Lipinski definition) is 2. The lowest BCUT2D eigenvalue weighted by Crippen LogP contribution is -2.12. The molecule has 0 fully saturated rings. The Balaban J connectivity index is 1.73. The summed E-state index contributed by atoms with van der Waals surface area (Å²) in [6.45, 7) is 1.94. The van der Waals surface area contributed by atoms with Gasteiger partial charge in [0, 0.05) is 22.6 Å². The molecule has 1 amide bonds. The van der Waals surface area contributed by atoms with E-state index in [0.717, 1.165) is 17.0 Å². The number of carbonyl (C=O) groups excluding carboxylic acids is 1. The largest absolute Gasteiger partial charge is 0.497 e. The van der Waals surface area contributed by atoms with Crippen LogP contribution in [-0.2, 0) is 0 Å². The minimum absolute atomic E-state index is 0.242. The molecule has 0 saturated carbocycles. The number of pyridine rings is 1. The zero-order chi connectivity index (χ0) is 18.5. The van der Waals surface area contributed by atoms with Gasteiger partial charge in [0.25, 0.3) is 5.91 Å². The highest BCUT2D eigenvalue weighted by Crippen LogP contribution is 2.23. The fraction of sp³-hybridized carbons (Fsp3) is 0.100. The first-order valence-corrected chi connectivity index (χ1v) is 8.36. The number of aromatic nitrogens is 1. The van der Waals surface area contributed by atoms with Crippen LogP contribution < -0.4 is 15.4 Å². The molecule has 132 valence electrons. The van der Waals surface area contributed by atoms with Crippen molar-refractivity contribution in [2.45, 2.75) is 6.92 Å². The summed E-state index contributed by atoms with van der Waals surface area (Å²) in [5.74, 6) is 0.487. The zero-order valence-corrected chi connectivity index (χ0v) is 15.2. The number of rotatable bonds is 5. The number of hydrogen-bond acceptors (Lipinski definition) is 4. The molecule has 1 heterocycles. The number of carbonyl (C=O) groups is 1. The topological polar surface area (TPSA) is 63.2 Å². The Morgan fingerprint density at radius 1 is 1.00 bits per heavy atom. The lowest BCUT2D eigenvalue weighted by molar-refractivity contribution is 0.102. The lowest BCUT2D eigenvalue weighted by atomic mass is 10.2. The molecule has 2 aromatic carbocycles. The maximum absolute atomic E-state index is 12.4. The summed E-state index contributed by atoms with van der Waals surface area (Å²) in [7, 11) is 1.60. The molecule has 0 atom stereocenters. The predicted molar refractivity (Wildman–Crippen MR) is 105 cm³/mol. The van der Waals surface area contributed by atoms with Gasteiger partial charge < -0.3 is 15.4 Å². The van der Waals surface area contributed by atoms with E-state index in [-0.39, 0.29) is 5.91 Å². The normalized spacial score (nSPS) is 10.3. The van der Waals surface area contributed by atoms with Crippen LogP contribution >= 0.6 is 11.6 Å². The van der Waals surface area contributed by atoms with Crippen molar-refractivity contribution >= 4 is 34.6 Å². The SMILES string of the molecule is COc1ccc(NC(=O)c2cncc(Nc3ccc(C)c(Cl)c3)c2)cc1.